The van der Waals surface area contributed by atoms with Gasteiger partial charge in [-0.2, -0.15) is 0 Å². The molecule has 0 aromatic carbocycles. The summed E-state index contributed by atoms with van der Waals surface area (Å²) < 4.78 is 2.31. The highest BCUT2D eigenvalue weighted by Crippen LogP contribution is 2.20. The minimum absolute atomic E-state index is 0.198. The predicted molar refractivity (Wildman–Crippen MR) is 84.2 cm³/mol. The molecule has 3 heterocycles. The lowest BCUT2D eigenvalue weighted by molar-refractivity contribution is 0.456. The van der Waals surface area contributed by atoms with Gasteiger partial charge < -0.3 is 9.88 Å². The van der Waals surface area contributed by atoms with Gasteiger partial charge in [0.1, 0.15) is 17.5 Å². The fraction of sp³-hybridized carbons (Fsp3) is 0.625. The first-order valence-electron chi connectivity index (χ1n) is 8.22. The Morgan fingerprint density at radius 2 is 2.18 bits per heavy atom. The number of rotatable bonds is 5. The fourth-order valence-electron chi connectivity index (χ4n) is 2.98. The third kappa shape index (κ3) is 3.32. The molecule has 1 atom stereocenters. The van der Waals surface area contributed by atoms with Crippen LogP contribution in [0.2, 0.25) is 0 Å². The van der Waals surface area contributed by atoms with Crippen LogP contribution < -0.4 is 5.32 Å². The summed E-state index contributed by atoms with van der Waals surface area (Å²) in [6, 6.07) is 2.11. The molecule has 6 heteroatoms. The van der Waals surface area contributed by atoms with Gasteiger partial charge in [0.2, 0.25) is 0 Å². The molecule has 0 fully saturated rings. The monoisotopic (exact) mass is 300 g/mol. The molecule has 2 aromatic heterocycles. The van der Waals surface area contributed by atoms with Crippen molar-refractivity contribution in [2.24, 2.45) is 0 Å². The van der Waals surface area contributed by atoms with E-state index in [0.29, 0.717) is 6.54 Å². The SMILES string of the molecule is CCC(NCc1nccc(C)n1)c1nnc2n1CCCCC2. The molecule has 2 aromatic rings. The summed E-state index contributed by atoms with van der Waals surface area (Å²) in [5.74, 6) is 3.03. The van der Waals surface area contributed by atoms with E-state index in [4.69, 9.17) is 0 Å². The second kappa shape index (κ2) is 6.96. The number of nitrogens with one attached hydrogen (secondary N) is 1. The third-order valence-electron chi connectivity index (χ3n) is 4.21. The van der Waals surface area contributed by atoms with Gasteiger partial charge in [0, 0.05) is 24.9 Å². The Kier molecular flexibility index (Phi) is 4.77. The van der Waals surface area contributed by atoms with E-state index in [9.17, 15) is 0 Å². The second-order valence-corrected chi connectivity index (χ2v) is 5.89. The van der Waals surface area contributed by atoms with Crippen LogP contribution >= 0.6 is 0 Å². The highest BCUT2D eigenvalue weighted by atomic mass is 15.3. The summed E-state index contributed by atoms with van der Waals surface area (Å²) in [6.45, 7) is 5.85. The van der Waals surface area contributed by atoms with Gasteiger partial charge in [0.25, 0.3) is 0 Å². The minimum atomic E-state index is 0.198. The number of fused-ring (bicyclic) bond motifs is 1. The van der Waals surface area contributed by atoms with Crippen LogP contribution in [-0.2, 0) is 19.5 Å². The largest absolute Gasteiger partial charge is 0.314 e. The van der Waals surface area contributed by atoms with E-state index in [1.165, 1.54) is 19.3 Å². The van der Waals surface area contributed by atoms with E-state index < -0.39 is 0 Å². The van der Waals surface area contributed by atoms with Gasteiger partial charge in [-0.25, -0.2) is 9.97 Å². The van der Waals surface area contributed by atoms with E-state index in [0.717, 1.165) is 42.6 Å². The third-order valence-corrected chi connectivity index (χ3v) is 4.21. The lowest BCUT2D eigenvalue weighted by atomic mass is 10.2. The van der Waals surface area contributed by atoms with E-state index in [1.54, 1.807) is 0 Å². The standard InChI is InChI=1S/C16H24N6/c1-3-13(18-11-14-17-9-8-12(2)19-14)16-21-20-15-7-5-4-6-10-22(15)16/h8-9,13,18H,3-7,10-11H2,1-2H3. The highest BCUT2D eigenvalue weighted by molar-refractivity contribution is 5.04. The van der Waals surface area contributed by atoms with Crippen molar-refractivity contribution < 1.29 is 0 Å². The summed E-state index contributed by atoms with van der Waals surface area (Å²) in [4.78, 5) is 8.76. The van der Waals surface area contributed by atoms with Gasteiger partial charge in [-0.1, -0.05) is 13.3 Å². The van der Waals surface area contributed by atoms with E-state index in [2.05, 4.69) is 37.0 Å². The molecule has 22 heavy (non-hydrogen) atoms. The summed E-state index contributed by atoms with van der Waals surface area (Å²) in [5, 5.41) is 12.4. The second-order valence-electron chi connectivity index (χ2n) is 5.89. The molecule has 0 spiro atoms. The van der Waals surface area contributed by atoms with Crippen molar-refractivity contribution in [1.29, 1.82) is 0 Å². The minimum Gasteiger partial charge on any atom is -0.314 e. The van der Waals surface area contributed by atoms with Crippen LogP contribution in [0.1, 0.15) is 61.8 Å². The zero-order valence-electron chi connectivity index (χ0n) is 13.4. The van der Waals surface area contributed by atoms with Crippen molar-refractivity contribution >= 4 is 0 Å². The Morgan fingerprint density at radius 1 is 1.27 bits per heavy atom. The first-order chi connectivity index (χ1) is 10.8. The Hall–Kier alpha value is -1.82. The number of hydrogen-bond donors (Lipinski definition) is 1. The summed E-state index contributed by atoms with van der Waals surface area (Å²) >= 11 is 0. The van der Waals surface area contributed by atoms with Gasteiger partial charge >= 0.3 is 0 Å². The molecule has 3 rings (SSSR count). The van der Waals surface area contributed by atoms with Crippen LogP contribution in [0.5, 0.6) is 0 Å². The van der Waals surface area contributed by atoms with Crippen molar-refractivity contribution in [3.63, 3.8) is 0 Å². The van der Waals surface area contributed by atoms with Crippen LogP contribution in [0.25, 0.3) is 0 Å². The van der Waals surface area contributed by atoms with Crippen LogP contribution in [-0.4, -0.2) is 24.7 Å². The van der Waals surface area contributed by atoms with E-state index in [1.807, 2.05) is 19.2 Å². The van der Waals surface area contributed by atoms with Crippen LogP contribution in [0, 0.1) is 6.92 Å². The molecular formula is C16H24N6. The molecule has 1 unspecified atom stereocenters. The maximum Gasteiger partial charge on any atom is 0.150 e. The Balaban J connectivity index is 1.73. The quantitative estimate of drug-likeness (QED) is 0.918. The van der Waals surface area contributed by atoms with Crippen LogP contribution in [0.15, 0.2) is 12.3 Å². The van der Waals surface area contributed by atoms with Gasteiger partial charge in [0.05, 0.1) is 12.6 Å². The van der Waals surface area contributed by atoms with Gasteiger partial charge in [-0.15, -0.1) is 10.2 Å². The lowest BCUT2D eigenvalue weighted by Crippen LogP contribution is -2.25. The Bertz CT molecular complexity index is 621. The molecule has 0 radical (unpaired) electrons. The zero-order valence-corrected chi connectivity index (χ0v) is 13.4. The van der Waals surface area contributed by atoms with Crippen molar-refractivity contribution in [1.82, 2.24) is 30.0 Å². The van der Waals surface area contributed by atoms with Crippen molar-refractivity contribution in [3.05, 3.63) is 35.4 Å². The molecule has 0 saturated heterocycles. The predicted octanol–water partition coefficient (Wildman–Crippen LogP) is 2.34. The molecular weight excluding hydrogens is 276 g/mol. The molecule has 0 aliphatic carbocycles. The summed E-state index contributed by atoms with van der Waals surface area (Å²) in [7, 11) is 0. The summed E-state index contributed by atoms with van der Waals surface area (Å²) in [5.41, 5.74) is 0.996. The summed E-state index contributed by atoms with van der Waals surface area (Å²) in [6.07, 6.45) is 7.55. The molecule has 0 amide bonds. The van der Waals surface area contributed by atoms with Gasteiger partial charge in [-0.3, -0.25) is 0 Å². The lowest BCUT2D eigenvalue weighted by Gasteiger charge is -2.17. The first-order valence-corrected chi connectivity index (χ1v) is 8.22. The van der Waals surface area contributed by atoms with Gasteiger partial charge in [0.15, 0.2) is 0 Å². The van der Waals surface area contributed by atoms with Crippen molar-refractivity contribution in [3.8, 4) is 0 Å². The zero-order chi connectivity index (χ0) is 15.4. The number of nitrogens with zero attached hydrogens (tertiary/aromatic N) is 5. The molecule has 6 nitrogen and oxygen atoms in total. The normalized spacial score (nSPS) is 16.1. The van der Waals surface area contributed by atoms with Gasteiger partial charge in [-0.05, 0) is 32.3 Å². The Morgan fingerprint density at radius 3 is 3.00 bits per heavy atom. The van der Waals surface area contributed by atoms with Crippen molar-refractivity contribution in [2.45, 2.75) is 65.1 Å². The molecule has 1 aliphatic heterocycles. The first kappa shape index (κ1) is 15.1. The van der Waals surface area contributed by atoms with Crippen molar-refractivity contribution in [2.75, 3.05) is 0 Å². The molecule has 118 valence electrons. The van der Waals surface area contributed by atoms with E-state index in [-0.39, 0.29) is 6.04 Å². The number of aromatic nitrogens is 5. The highest BCUT2D eigenvalue weighted by Gasteiger charge is 2.21. The maximum absolute atomic E-state index is 4.45. The molecule has 0 saturated carbocycles. The smallest absolute Gasteiger partial charge is 0.150 e. The molecule has 1 aliphatic rings. The number of hydrogen-bond acceptors (Lipinski definition) is 5. The topological polar surface area (TPSA) is 68.5 Å². The Labute approximate surface area is 131 Å². The van der Waals surface area contributed by atoms with Crippen LogP contribution in [0.3, 0.4) is 0 Å². The average molecular weight is 300 g/mol. The number of aryl methyl sites for hydroxylation is 2. The maximum atomic E-state index is 4.45. The van der Waals surface area contributed by atoms with E-state index >= 15 is 0 Å². The average Bonchev–Trinajstić information content (AvgIpc) is 2.77. The molecule has 0 bridgehead atoms. The molecule has 1 N–H and O–H groups in total. The van der Waals surface area contributed by atoms with Crippen LogP contribution in [0.4, 0.5) is 0 Å². The fourth-order valence-corrected chi connectivity index (χ4v) is 2.98.